The SMILES string of the molecule is C=C[C@@H](NC(C)c1cc(-c2cc(F)cc(CCC(=O)O)c2)c2c(c1)C1CCC2CC1)c1cccc(OC)c1. The number of fused-ring (bicyclic) bond motifs is 2. The maximum absolute atomic E-state index is 14.8. The van der Waals surface area contributed by atoms with Gasteiger partial charge in [-0.25, -0.2) is 4.39 Å². The van der Waals surface area contributed by atoms with E-state index in [1.807, 2.05) is 30.3 Å². The minimum absolute atomic E-state index is 0.0140. The molecule has 0 aliphatic heterocycles. The fraction of sp³-hybridized carbons (Fsp3) is 0.364. The van der Waals surface area contributed by atoms with Crippen LogP contribution in [0.5, 0.6) is 5.75 Å². The summed E-state index contributed by atoms with van der Waals surface area (Å²) in [4.78, 5) is 11.1. The third kappa shape index (κ3) is 5.39. The van der Waals surface area contributed by atoms with Crippen LogP contribution < -0.4 is 10.1 Å². The summed E-state index contributed by atoms with van der Waals surface area (Å²) in [5, 5.41) is 12.9. The second-order valence-corrected chi connectivity index (χ2v) is 10.7. The lowest BCUT2D eigenvalue weighted by Gasteiger charge is -2.40. The number of carboxylic acids is 1. The fourth-order valence-electron chi connectivity index (χ4n) is 6.38. The Balaban J connectivity index is 1.54. The van der Waals surface area contributed by atoms with Gasteiger partial charge in [0.1, 0.15) is 11.6 Å². The molecule has 4 nitrogen and oxygen atoms in total. The Hall–Kier alpha value is -3.44. The number of ether oxygens (including phenoxy) is 1. The van der Waals surface area contributed by atoms with Crippen LogP contribution >= 0.6 is 0 Å². The number of methoxy groups -OCH3 is 1. The monoisotopic (exact) mass is 513 g/mol. The van der Waals surface area contributed by atoms with Crippen LogP contribution in [0.15, 0.2) is 67.3 Å². The van der Waals surface area contributed by atoms with Gasteiger partial charge in [-0.15, -0.1) is 6.58 Å². The molecule has 6 rings (SSSR count). The van der Waals surface area contributed by atoms with Crippen molar-refractivity contribution >= 4 is 5.97 Å². The predicted molar refractivity (Wildman–Crippen MR) is 149 cm³/mol. The van der Waals surface area contributed by atoms with Crippen LogP contribution in [0.2, 0.25) is 0 Å². The lowest BCUT2D eigenvalue weighted by molar-refractivity contribution is -0.136. The number of carbonyl (C=O) groups is 1. The van der Waals surface area contributed by atoms with Crippen molar-refractivity contribution in [3.63, 3.8) is 0 Å². The number of carboxylic acid groups (broad SMARTS) is 1. The molecule has 0 spiro atoms. The first-order chi connectivity index (χ1) is 18.4. The van der Waals surface area contributed by atoms with Crippen LogP contribution in [-0.4, -0.2) is 18.2 Å². The molecule has 1 fully saturated rings. The van der Waals surface area contributed by atoms with Crippen LogP contribution in [-0.2, 0) is 11.2 Å². The molecule has 5 heteroatoms. The second-order valence-electron chi connectivity index (χ2n) is 10.7. The quantitative estimate of drug-likeness (QED) is 0.271. The first kappa shape index (κ1) is 26.2. The highest BCUT2D eigenvalue weighted by molar-refractivity contribution is 5.73. The molecule has 3 aliphatic rings. The summed E-state index contributed by atoms with van der Waals surface area (Å²) in [5.41, 5.74) is 7.67. The average Bonchev–Trinajstić information content (AvgIpc) is 2.94. The van der Waals surface area contributed by atoms with E-state index in [2.05, 4.69) is 37.0 Å². The number of hydrogen-bond donors (Lipinski definition) is 2. The van der Waals surface area contributed by atoms with Crippen molar-refractivity contribution in [1.82, 2.24) is 5.32 Å². The zero-order chi connectivity index (χ0) is 26.8. The van der Waals surface area contributed by atoms with Gasteiger partial charge >= 0.3 is 5.97 Å². The van der Waals surface area contributed by atoms with Gasteiger partial charge in [0.05, 0.1) is 13.2 Å². The van der Waals surface area contributed by atoms with Crippen LogP contribution in [0.1, 0.15) is 90.8 Å². The number of rotatable bonds is 10. The van der Waals surface area contributed by atoms with Crippen molar-refractivity contribution in [2.45, 2.75) is 69.4 Å². The predicted octanol–water partition coefficient (Wildman–Crippen LogP) is 7.85. The maximum Gasteiger partial charge on any atom is 0.303 e. The number of benzene rings is 3. The van der Waals surface area contributed by atoms with E-state index in [-0.39, 0.29) is 24.3 Å². The molecular weight excluding hydrogens is 477 g/mol. The van der Waals surface area contributed by atoms with Gasteiger partial charge in [0.25, 0.3) is 0 Å². The van der Waals surface area contributed by atoms with Crippen molar-refractivity contribution in [1.29, 1.82) is 0 Å². The van der Waals surface area contributed by atoms with Gasteiger partial charge < -0.3 is 15.2 Å². The first-order valence-corrected chi connectivity index (χ1v) is 13.6. The van der Waals surface area contributed by atoms with Gasteiger partial charge in [0.2, 0.25) is 0 Å². The molecule has 2 N–H and O–H groups in total. The highest BCUT2D eigenvalue weighted by Crippen LogP contribution is 2.53. The lowest BCUT2D eigenvalue weighted by Crippen LogP contribution is -2.26. The molecular formula is C33H36FNO3. The number of halogens is 1. The Labute approximate surface area is 224 Å². The van der Waals surface area contributed by atoms with E-state index in [1.54, 1.807) is 13.2 Å². The molecule has 3 aliphatic carbocycles. The highest BCUT2D eigenvalue weighted by atomic mass is 19.1. The van der Waals surface area contributed by atoms with E-state index in [9.17, 15) is 9.18 Å². The highest BCUT2D eigenvalue weighted by Gasteiger charge is 2.35. The lowest BCUT2D eigenvalue weighted by atomic mass is 9.64. The largest absolute Gasteiger partial charge is 0.497 e. The normalized spacial score (nSPS) is 19.4. The molecule has 3 aromatic rings. The summed E-state index contributed by atoms with van der Waals surface area (Å²) in [6.07, 6.45) is 6.96. The van der Waals surface area contributed by atoms with E-state index in [4.69, 9.17) is 9.84 Å². The molecule has 0 radical (unpaired) electrons. The van der Waals surface area contributed by atoms with Gasteiger partial charge in [-0.1, -0.05) is 30.3 Å². The third-order valence-corrected chi connectivity index (χ3v) is 8.32. The Kier molecular flexibility index (Phi) is 7.66. The Morgan fingerprint density at radius 1 is 1.11 bits per heavy atom. The van der Waals surface area contributed by atoms with Crippen LogP contribution in [0, 0.1) is 5.82 Å². The van der Waals surface area contributed by atoms with E-state index in [0.29, 0.717) is 18.3 Å². The maximum atomic E-state index is 14.8. The van der Waals surface area contributed by atoms with E-state index in [1.165, 1.54) is 42.9 Å². The first-order valence-electron chi connectivity index (χ1n) is 13.6. The summed E-state index contributed by atoms with van der Waals surface area (Å²) in [6.45, 7) is 6.23. The summed E-state index contributed by atoms with van der Waals surface area (Å²) < 4.78 is 20.2. The molecule has 0 amide bonds. The average molecular weight is 514 g/mol. The number of aliphatic carboxylic acids is 1. The van der Waals surface area contributed by atoms with Crippen LogP contribution in [0.3, 0.4) is 0 Å². The van der Waals surface area contributed by atoms with E-state index >= 15 is 0 Å². The summed E-state index contributed by atoms with van der Waals surface area (Å²) in [6, 6.07) is 17.6. The van der Waals surface area contributed by atoms with E-state index in [0.717, 1.165) is 33.6 Å². The third-order valence-electron chi connectivity index (χ3n) is 8.32. The Bertz CT molecular complexity index is 1340. The molecule has 0 aromatic heterocycles. The fourth-order valence-corrected chi connectivity index (χ4v) is 6.38. The van der Waals surface area contributed by atoms with Crippen molar-refractivity contribution in [3.8, 4) is 16.9 Å². The molecule has 198 valence electrons. The van der Waals surface area contributed by atoms with Gasteiger partial charge in [-0.05, 0) is 120 Å². The molecule has 0 saturated heterocycles. The number of aryl methyl sites for hydroxylation is 1. The second kappa shape index (κ2) is 11.1. The van der Waals surface area contributed by atoms with Crippen LogP contribution in [0.4, 0.5) is 4.39 Å². The van der Waals surface area contributed by atoms with Crippen molar-refractivity contribution in [2.75, 3.05) is 7.11 Å². The van der Waals surface area contributed by atoms with Crippen molar-refractivity contribution < 1.29 is 19.0 Å². The summed E-state index contributed by atoms with van der Waals surface area (Å²) in [5.74, 6) is 0.639. The smallest absolute Gasteiger partial charge is 0.303 e. The summed E-state index contributed by atoms with van der Waals surface area (Å²) >= 11 is 0. The standard InChI is InChI=1S/C33H36FNO3/c1-4-31(24-6-5-7-28(17-24)38-3)35-20(2)25-18-29-22-9-11-23(12-10-22)33(29)30(19-25)26-14-21(8-13-32(36)37)15-27(34)16-26/h4-7,14-20,22-23,31,35H,1,8-13H2,2-3H3,(H,36,37)/t20?,22?,23?,31-/m1/s1. The molecule has 1 saturated carbocycles. The van der Waals surface area contributed by atoms with Gasteiger partial charge in [-0.3, -0.25) is 4.79 Å². The Morgan fingerprint density at radius 3 is 2.58 bits per heavy atom. The zero-order valence-corrected chi connectivity index (χ0v) is 22.2. The molecule has 1 unspecified atom stereocenters. The van der Waals surface area contributed by atoms with Gasteiger partial charge in [-0.2, -0.15) is 0 Å². The van der Waals surface area contributed by atoms with Gasteiger partial charge in [0.15, 0.2) is 0 Å². The molecule has 3 aromatic carbocycles. The minimum atomic E-state index is -0.875. The van der Waals surface area contributed by atoms with Crippen molar-refractivity contribution in [3.05, 3.63) is 101 Å². The van der Waals surface area contributed by atoms with E-state index < -0.39 is 5.97 Å². The zero-order valence-electron chi connectivity index (χ0n) is 22.2. The van der Waals surface area contributed by atoms with Gasteiger partial charge in [0, 0.05) is 12.5 Å². The number of hydrogen-bond acceptors (Lipinski definition) is 3. The molecule has 2 atom stereocenters. The molecule has 38 heavy (non-hydrogen) atoms. The topological polar surface area (TPSA) is 58.6 Å². The Morgan fingerprint density at radius 2 is 1.87 bits per heavy atom. The van der Waals surface area contributed by atoms with Crippen molar-refractivity contribution in [2.24, 2.45) is 0 Å². The number of nitrogens with one attached hydrogen (secondary N) is 1. The van der Waals surface area contributed by atoms with Crippen LogP contribution in [0.25, 0.3) is 11.1 Å². The summed E-state index contributed by atoms with van der Waals surface area (Å²) in [7, 11) is 1.67. The molecule has 2 bridgehead atoms. The molecule has 0 heterocycles. The minimum Gasteiger partial charge on any atom is -0.497 e.